The fourth-order valence-electron chi connectivity index (χ4n) is 2.48. The molecule has 0 spiro atoms. The molecule has 16 heavy (non-hydrogen) atoms. The van der Waals surface area contributed by atoms with Gasteiger partial charge in [-0.2, -0.15) is 0 Å². The van der Waals surface area contributed by atoms with Gasteiger partial charge >= 0.3 is 5.97 Å². The van der Waals surface area contributed by atoms with Gasteiger partial charge in [-0.1, -0.05) is 0 Å². The van der Waals surface area contributed by atoms with Crippen molar-refractivity contribution in [3.8, 4) is 0 Å². The highest BCUT2D eigenvalue weighted by atomic mass is 79.9. The van der Waals surface area contributed by atoms with Gasteiger partial charge in [0.1, 0.15) is 16.5 Å². The summed E-state index contributed by atoms with van der Waals surface area (Å²) in [4.78, 5) is 15.8. The van der Waals surface area contributed by atoms with Crippen LogP contribution in [0.1, 0.15) is 49.2 Å². The summed E-state index contributed by atoms with van der Waals surface area (Å²) in [5, 5.41) is 9.26. The van der Waals surface area contributed by atoms with Gasteiger partial charge in [0.25, 0.3) is 0 Å². The van der Waals surface area contributed by atoms with Crippen molar-refractivity contribution in [3.05, 3.63) is 16.1 Å². The van der Waals surface area contributed by atoms with Crippen LogP contribution in [0.4, 0.5) is 0 Å². The molecule has 1 aliphatic heterocycles. The number of carbonyl (C=O) groups is 1. The fourth-order valence-corrected chi connectivity index (χ4v) is 3.05. The highest BCUT2D eigenvalue weighted by Gasteiger charge is 2.36. The lowest BCUT2D eigenvalue weighted by Crippen LogP contribution is -2.26. The van der Waals surface area contributed by atoms with Gasteiger partial charge in [0.05, 0.1) is 5.69 Å². The summed E-state index contributed by atoms with van der Waals surface area (Å²) in [6.07, 6.45) is 4.89. The first kappa shape index (κ1) is 10.3. The lowest BCUT2D eigenvalue weighted by molar-refractivity contribution is -0.141. The number of aromatic nitrogens is 2. The Labute approximate surface area is 102 Å². The maximum Gasteiger partial charge on any atom is 0.326 e. The molecule has 1 fully saturated rings. The molecule has 86 valence electrons. The van der Waals surface area contributed by atoms with Crippen LogP contribution in [0.3, 0.4) is 0 Å². The van der Waals surface area contributed by atoms with E-state index in [0.717, 1.165) is 48.2 Å². The third-order valence-corrected chi connectivity index (χ3v) is 4.05. The van der Waals surface area contributed by atoms with E-state index in [1.165, 1.54) is 0 Å². The lowest BCUT2D eigenvalue weighted by Gasteiger charge is -2.24. The van der Waals surface area contributed by atoms with Crippen LogP contribution in [0.15, 0.2) is 4.60 Å². The minimum Gasteiger partial charge on any atom is -0.480 e. The van der Waals surface area contributed by atoms with Crippen molar-refractivity contribution in [1.82, 2.24) is 9.55 Å². The van der Waals surface area contributed by atoms with Crippen LogP contribution < -0.4 is 0 Å². The smallest absolute Gasteiger partial charge is 0.326 e. The molecule has 2 aliphatic rings. The van der Waals surface area contributed by atoms with E-state index in [4.69, 9.17) is 0 Å². The average molecular weight is 285 g/mol. The van der Waals surface area contributed by atoms with E-state index in [1.54, 1.807) is 0 Å². The summed E-state index contributed by atoms with van der Waals surface area (Å²) in [7, 11) is 0. The minimum atomic E-state index is -0.729. The Hall–Kier alpha value is -0.840. The van der Waals surface area contributed by atoms with E-state index in [1.807, 2.05) is 4.57 Å². The Morgan fingerprint density at radius 3 is 2.81 bits per heavy atom. The summed E-state index contributed by atoms with van der Waals surface area (Å²) in [6, 6.07) is -0.404. The summed E-state index contributed by atoms with van der Waals surface area (Å²) in [5.41, 5.74) is 1.07. The molecule has 0 saturated heterocycles. The number of rotatable bonds is 2. The number of carboxylic acids is 1. The molecule has 4 nitrogen and oxygen atoms in total. The first-order valence-electron chi connectivity index (χ1n) is 5.67. The van der Waals surface area contributed by atoms with Crippen LogP contribution in [0.5, 0.6) is 0 Å². The number of halogens is 1. The van der Waals surface area contributed by atoms with Gasteiger partial charge in [0.2, 0.25) is 0 Å². The molecular weight excluding hydrogens is 272 g/mol. The molecule has 0 aromatic carbocycles. The Bertz CT molecular complexity index is 451. The number of aliphatic carboxylic acids is 1. The van der Waals surface area contributed by atoms with E-state index < -0.39 is 12.0 Å². The zero-order chi connectivity index (χ0) is 11.3. The van der Waals surface area contributed by atoms with Crippen LogP contribution in [0.25, 0.3) is 0 Å². The maximum absolute atomic E-state index is 11.3. The summed E-state index contributed by atoms with van der Waals surface area (Å²) >= 11 is 3.45. The number of imidazole rings is 1. The normalized spacial score (nSPS) is 24.2. The second kappa shape index (κ2) is 3.58. The number of nitrogens with zero attached hydrogens (tertiary/aromatic N) is 2. The third kappa shape index (κ3) is 1.49. The van der Waals surface area contributed by atoms with Crippen molar-refractivity contribution < 1.29 is 9.90 Å². The van der Waals surface area contributed by atoms with Crippen LogP contribution >= 0.6 is 15.9 Å². The van der Waals surface area contributed by atoms with Gasteiger partial charge in [-0.25, -0.2) is 9.78 Å². The molecule has 1 aromatic rings. The molecule has 3 rings (SSSR count). The highest BCUT2D eigenvalue weighted by molar-refractivity contribution is 9.10. The topological polar surface area (TPSA) is 55.1 Å². The molecule has 1 saturated carbocycles. The van der Waals surface area contributed by atoms with Crippen molar-refractivity contribution in [2.24, 2.45) is 0 Å². The first-order chi connectivity index (χ1) is 7.68. The van der Waals surface area contributed by atoms with Crippen LogP contribution in [0.2, 0.25) is 0 Å². The maximum atomic E-state index is 11.3. The predicted octanol–water partition coefficient (Wildman–Crippen LogP) is 2.49. The molecule has 1 atom stereocenters. The van der Waals surface area contributed by atoms with Crippen molar-refractivity contribution >= 4 is 21.9 Å². The summed E-state index contributed by atoms with van der Waals surface area (Å²) in [6.45, 7) is 0. The van der Waals surface area contributed by atoms with E-state index in [0.29, 0.717) is 5.92 Å². The van der Waals surface area contributed by atoms with Gasteiger partial charge in [-0.05, 0) is 48.0 Å². The van der Waals surface area contributed by atoms with Crippen molar-refractivity contribution in [2.45, 2.75) is 44.1 Å². The molecule has 1 N–H and O–H groups in total. The molecule has 5 heteroatoms. The fraction of sp³-hybridized carbons (Fsp3) is 0.636. The average Bonchev–Trinajstić information content (AvgIpc) is 3.04. The molecule has 0 radical (unpaired) electrons. The minimum absolute atomic E-state index is 0.404. The van der Waals surface area contributed by atoms with Gasteiger partial charge in [0, 0.05) is 5.92 Å². The van der Waals surface area contributed by atoms with Crippen molar-refractivity contribution in [3.63, 3.8) is 0 Å². The summed E-state index contributed by atoms with van der Waals surface area (Å²) < 4.78 is 2.81. The second-order valence-electron chi connectivity index (χ2n) is 4.60. The van der Waals surface area contributed by atoms with Gasteiger partial charge in [-0.15, -0.1) is 0 Å². The molecular formula is C11H13BrN2O2. The zero-order valence-corrected chi connectivity index (χ0v) is 10.4. The molecule has 0 bridgehead atoms. The van der Waals surface area contributed by atoms with Gasteiger partial charge in [0.15, 0.2) is 0 Å². The van der Waals surface area contributed by atoms with Gasteiger partial charge in [-0.3, -0.25) is 0 Å². The van der Waals surface area contributed by atoms with Crippen molar-refractivity contribution in [2.75, 3.05) is 0 Å². The first-order valence-corrected chi connectivity index (χ1v) is 6.47. The SMILES string of the molecule is O=C(O)C1CCCc2c(Br)nc(C3CC3)n21. The standard InChI is InChI=1S/C11H13BrN2O2/c12-9-7-2-1-3-8(11(15)16)14(7)10(13-9)6-4-5-6/h6,8H,1-5H2,(H,15,16). The highest BCUT2D eigenvalue weighted by Crippen LogP contribution is 2.44. The monoisotopic (exact) mass is 284 g/mol. The number of carboxylic acid groups (broad SMARTS) is 1. The Kier molecular flexibility index (Phi) is 2.31. The Morgan fingerprint density at radius 2 is 2.19 bits per heavy atom. The lowest BCUT2D eigenvalue weighted by atomic mass is 10.0. The summed E-state index contributed by atoms with van der Waals surface area (Å²) in [5.74, 6) is 0.742. The molecule has 2 heterocycles. The van der Waals surface area contributed by atoms with Crippen LogP contribution in [-0.2, 0) is 11.2 Å². The molecule has 0 amide bonds. The van der Waals surface area contributed by atoms with Gasteiger partial charge < -0.3 is 9.67 Å². The quantitative estimate of drug-likeness (QED) is 0.908. The van der Waals surface area contributed by atoms with Crippen LogP contribution in [0, 0.1) is 0 Å². The Balaban J connectivity index is 2.12. The molecule has 1 aromatic heterocycles. The van der Waals surface area contributed by atoms with Crippen molar-refractivity contribution in [1.29, 1.82) is 0 Å². The zero-order valence-electron chi connectivity index (χ0n) is 8.82. The van der Waals surface area contributed by atoms with E-state index >= 15 is 0 Å². The molecule has 1 aliphatic carbocycles. The number of hydrogen-bond acceptors (Lipinski definition) is 2. The third-order valence-electron chi connectivity index (χ3n) is 3.42. The van der Waals surface area contributed by atoms with E-state index in [9.17, 15) is 9.90 Å². The van der Waals surface area contributed by atoms with E-state index in [2.05, 4.69) is 20.9 Å². The number of hydrogen-bond donors (Lipinski definition) is 1. The second-order valence-corrected chi connectivity index (χ2v) is 5.35. The molecule has 1 unspecified atom stereocenters. The van der Waals surface area contributed by atoms with E-state index in [-0.39, 0.29) is 0 Å². The number of fused-ring (bicyclic) bond motifs is 1. The largest absolute Gasteiger partial charge is 0.480 e. The Morgan fingerprint density at radius 1 is 1.44 bits per heavy atom. The van der Waals surface area contributed by atoms with Crippen LogP contribution in [-0.4, -0.2) is 20.6 Å². The predicted molar refractivity (Wildman–Crippen MR) is 61.5 cm³/mol.